The van der Waals surface area contributed by atoms with Gasteiger partial charge in [-0.05, 0) is 53.5 Å². The molecule has 0 unspecified atom stereocenters. The Bertz CT molecular complexity index is 1000. The molecule has 0 bridgehead atoms. The molecule has 0 aliphatic carbocycles. The molecule has 0 fully saturated rings. The fourth-order valence-corrected chi connectivity index (χ4v) is 2.77. The average Bonchev–Trinajstić information content (AvgIpc) is 2.71. The van der Waals surface area contributed by atoms with E-state index >= 15 is 0 Å². The Morgan fingerprint density at radius 3 is 2.20 bits per heavy atom. The van der Waals surface area contributed by atoms with E-state index in [-0.39, 0.29) is 24.8 Å². The summed E-state index contributed by atoms with van der Waals surface area (Å²) in [5.41, 5.74) is -0.986. The Hall–Kier alpha value is -3.89. The van der Waals surface area contributed by atoms with Crippen molar-refractivity contribution in [3.05, 3.63) is 47.7 Å². The molecule has 11 nitrogen and oxygen atoms in total. The van der Waals surface area contributed by atoms with Crippen LogP contribution >= 0.6 is 0 Å². The zero-order valence-electron chi connectivity index (χ0n) is 20.8. The molecule has 0 radical (unpaired) electrons. The van der Waals surface area contributed by atoms with E-state index in [1.807, 2.05) is 18.2 Å². The lowest BCUT2D eigenvalue weighted by Crippen LogP contribution is -2.52. The number of alkyl carbamates (subject to hydrolysis) is 2. The van der Waals surface area contributed by atoms with E-state index in [9.17, 15) is 19.2 Å². The highest BCUT2D eigenvalue weighted by Crippen LogP contribution is 2.14. The van der Waals surface area contributed by atoms with Crippen LogP contribution in [0.15, 0.2) is 47.1 Å². The molecule has 1 aliphatic heterocycles. The quantitative estimate of drug-likeness (QED) is 0.375. The van der Waals surface area contributed by atoms with Gasteiger partial charge in [0.15, 0.2) is 0 Å². The van der Waals surface area contributed by atoms with Gasteiger partial charge in [0, 0.05) is 6.54 Å². The second-order valence-electron chi connectivity index (χ2n) is 9.59. The topological polar surface area (TPSA) is 136 Å². The molecule has 1 aromatic carbocycles. The number of hydrogen-bond acceptors (Lipinski definition) is 7. The van der Waals surface area contributed by atoms with Crippen LogP contribution in [-0.4, -0.2) is 52.8 Å². The number of guanidine groups is 1. The van der Waals surface area contributed by atoms with E-state index in [1.54, 1.807) is 53.7 Å². The lowest BCUT2D eigenvalue weighted by atomic mass is 10.2. The second kappa shape index (κ2) is 11.5. The Morgan fingerprint density at radius 2 is 1.60 bits per heavy atom. The van der Waals surface area contributed by atoms with Crippen molar-refractivity contribution in [2.24, 2.45) is 4.99 Å². The van der Waals surface area contributed by atoms with E-state index in [0.29, 0.717) is 6.42 Å². The number of amides is 4. The smallest absolute Gasteiger partial charge is 0.437 e. The normalized spacial score (nSPS) is 14.6. The first-order valence-corrected chi connectivity index (χ1v) is 11.0. The van der Waals surface area contributed by atoms with Gasteiger partial charge < -0.3 is 14.2 Å². The number of rotatable bonds is 3. The maximum Gasteiger partial charge on any atom is 0.437 e. The zero-order valence-corrected chi connectivity index (χ0v) is 20.8. The summed E-state index contributed by atoms with van der Waals surface area (Å²) in [5, 5.41) is 4.73. The third kappa shape index (κ3) is 9.86. The number of carbonyl (C=O) groups excluding carboxylic acids is 4. The highest BCUT2D eigenvalue weighted by Gasteiger charge is 2.31. The first-order valence-electron chi connectivity index (χ1n) is 11.0. The van der Waals surface area contributed by atoms with E-state index in [1.165, 1.54) is 6.08 Å². The van der Waals surface area contributed by atoms with Gasteiger partial charge >= 0.3 is 18.3 Å². The van der Waals surface area contributed by atoms with Crippen LogP contribution in [-0.2, 0) is 25.6 Å². The maximum absolute atomic E-state index is 13.1. The van der Waals surface area contributed by atoms with Crippen LogP contribution in [0, 0.1) is 0 Å². The van der Waals surface area contributed by atoms with Gasteiger partial charge in [0.05, 0.1) is 0 Å². The number of ether oxygens (including phenoxy) is 3. The molecule has 1 aliphatic rings. The minimum Gasteiger partial charge on any atom is -0.444 e. The molecule has 1 heterocycles. The second-order valence-corrected chi connectivity index (χ2v) is 9.59. The van der Waals surface area contributed by atoms with E-state index in [0.717, 1.165) is 10.5 Å². The lowest BCUT2D eigenvalue weighted by molar-refractivity contribution is -0.124. The molecule has 0 spiro atoms. The Balaban J connectivity index is 2.15. The largest absolute Gasteiger partial charge is 0.444 e. The predicted molar refractivity (Wildman–Crippen MR) is 127 cm³/mol. The highest BCUT2D eigenvalue weighted by molar-refractivity contribution is 6.11. The summed E-state index contributed by atoms with van der Waals surface area (Å²) in [6, 6.07) is 9.05. The van der Waals surface area contributed by atoms with Gasteiger partial charge in [-0.2, -0.15) is 0 Å². The lowest BCUT2D eigenvalue weighted by Gasteiger charge is -2.29. The summed E-state index contributed by atoms with van der Waals surface area (Å²) in [6.07, 6.45) is -0.937. The van der Waals surface area contributed by atoms with E-state index in [4.69, 9.17) is 14.2 Å². The first-order chi connectivity index (χ1) is 16.2. The van der Waals surface area contributed by atoms with Crippen molar-refractivity contribution in [2.45, 2.75) is 65.8 Å². The number of nitrogens with one attached hydrogen (secondary N) is 2. The van der Waals surface area contributed by atoms with Gasteiger partial charge in [0.25, 0.3) is 5.91 Å². The minimum absolute atomic E-state index is 0.0173. The van der Waals surface area contributed by atoms with Crippen molar-refractivity contribution in [3.63, 3.8) is 0 Å². The van der Waals surface area contributed by atoms with Crippen LogP contribution in [0.3, 0.4) is 0 Å². The summed E-state index contributed by atoms with van der Waals surface area (Å²) in [4.78, 5) is 54.8. The van der Waals surface area contributed by atoms with Crippen molar-refractivity contribution < 1.29 is 33.4 Å². The van der Waals surface area contributed by atoms with Gasteiger partial charge in [0.1, 0.15) is 23.5 Å². The Kier molecular flexibility index (Phi) is 8.99. The van der Waals surface area contributed by atoms with Crippen LogP contribution in [0.25, 0.3) is 0 Å². The van der Waals surface area contributed by atoms with Gasteiger partial charge in [-0.1, -0.05) is 36.4 Å². The monoisotopic (exact) mass is 488 g/mol. The zero-order chi connectivity index (χ0) is 26.2. The molecule has 11 heteroatoms. The first kappa shape index (κ1) is 27.4. The summed E-state index contributed by atoms with van der Waals surface area (Å²) in [6.45, 7) is 10.0. The molecule has 0 atom stereocenters. The molecule has 35 heavy (non-hydrogen) atoms. The molecule has 0 saturated carbocycles. The van der Waals surface area contributed by atoms with Crippen LogP contribution in [0.1, 0.15) is 53.5 Å². The molecule has 0 saturated heterocycles. The summed E-state index contributed by atoms with van der Waals surface area (Å²) >= 11 is 0. The van der Waals surface area contributed by atoms with Crippen LogP contribution in [0.5, 0.6) is 0 Å². The van der Waals surface area contributed by atoms with Gasteiger partial charge in [-0.3, -0.25) is 20.3 Å². The summed E-state index contributed by atoms with van der Waals surface area (Å²) in [7, 11) is 0. The molecular formula is C24H32N4O7. The van der Waals surface area contributed by atoms with E-state index < -0.39 is 35.4 Å². The molecule has 2 N–H and O–H groups in total. The van der Waals surface area contributed by atoms with Crippen molar-refractivity contribution in [3.8, 4) is 0 Å². The van der Waals surface area contributed by atoms with Gasteiger partial charge in [0.2, 0.25) is 5.96 Å². The van der Waals surface area contributed by atoms with Crippen LogP contribution in [0.4, 0.5) is 14.4 Å². The van der Waals surface area contributed by atoms with Gasteiger partial charge in [-0.15, -0.1) is 4.99 Å². The molecule has 4 amide bonds. The predicted octanol–water partition coefficient (Wildman–Crippen LogP) is 3.84. The molecule has 190 valence electrons. The van der Waals surface area contributed by atoms with Crippen LogP contribution in [0.2, 0.25) is 0 Å². The van der Waals surface area contributed by atoms with Crippen LogP contribution < -0.4 is 10.6 Å². The Labute approximate surface area is 204 Å². The summed E-state index contributed by atoms with van der Waals surface area (Å²) in [5.74, 6) is -1.09. The third-order valence-electron chi connectivity index (χ3n) is 4.09. The standard InChI is InChI=1S/C24H32N4O7/c1-23(2,3)34-21(31)26-19(27-22(32)35-24(4,5)6)28-14-10-13-17(18(28)29)25-20(30)33-15-16-11-8-7-9-12-16/h7-9,11-13H,10,14-15H2,1-6H3,(H,25,30)(H,26,27,31,32). The number of nitrogens with zero attached hydrogens (tertiary/aromatic N) is 2. The molecule has 1 aromatic rings. The molecule has 0 aromatic heterocycles. The van der Waals surface area contributed by atoms with Crippen molar-refractivity contribution in [1.82, 2.24) is 15.5 Å². The highest BCUT2D eigenvalue weighted by atomic mass is 16.6. The third-order valence-corrected chi connectivity index (χ3v) is 4.09. The fourth-order valence-electron chi connectivity index (χ4n) is 2.77. The number of aliphatic imine (C=N–C) groups is 1. The molecular weight excluding hydrogens is 456 g/mol. The van der Waals surface area contributed by atoms with Crippen molar-refractivity contribution >= 4 is 30.1 Å². The van der Waals surface area contributed by atoms with Gasteiger partial charge in [-0.25, -0.2) is 14.4 Å². The number of carbonyl (C=O) groups is 4. The van der Waals surface area contributed by atoms with E-state index in [2.05, 4.69) is 15.6 Å². The SMILES string of the molecule is CC(C)(C)OC(=O)N=C(NC(=O)OC(C)(C)C)N1CCC=C(NC(=O)OCc2ccccc2)C1=O. The van der Waals surface area contributed by atoms with Crippen molar-refractivity contribution in [1.29, 1.82) is 0 Å². The molecule has 2 rings (SSSR count). The number of benzene rings is 1. The van der Waals surface area contributed by atoms with Crippen molar-refractivity contribution in [2.75, 3.05) is 6.54 Å². The maximum atomic E-state index is 13.1. The average molecular weight is 489 g/mol. The number of hydrogen-bond donors (Lipinski definition) is 2. The Morgan fingerprint density at radius 1 is 0.971 bits per heavy atom. The fraction of sp³-hybridized carbons (Fsp3) is 0.458. The summed E-state index contributed by atoms with van der Waals surface area (Å²) < 4.78 is 15.6. The minimum atomic E-state index is -1.01.